The zero-order valence-corrected chi connectivity index (χ0v) is 18.1. The van der Waals surface area contributed by atoms with Gasteiger partial charge < -0.3 is 24.4 Å². The average Bonchev–Trinajstić information content (AvgIpc) is 2.77. The van der Waals surface area contributed by atoms with Crippen molar-refractivity contribution in [1.29, 1.82) is 0 Å². The van der Waals surface area contributed by atoms with E-state index in [0.717, 1.165) is 70.2 Å². The van der Waals surface area contributed by atoms with Crippen molar-refractivity contribution in [3.05, 3.63) is 29.8 Å². The highest BCUT2D eigenvalue weighted by molar-refractivity contribution is 5.79. The van der Waals surface area contributed by atoms with Crippen molar-refractivity contribution in [2.45, 2.75) is 57.7 Å². The number of benzene rings is 1. The summed E-state index contributed by atoms with van der Waals surface area (Å²) in [5.41, 5.74) is 1.18. The van der Waals surface area contributed by atoms with Crippen LogP contribution < -0.4 is 10.1 Å². The van der Waals surface area contributed by atoms with Gasteiger partial charge in [0, 0.05) is 33.3 Å². The van der Waals surface area contributed by atoms with Crippen LogP contribution in [0.25, 0.3) is 0 Å². The molecule has 2 heterocycles. The van der Waals surface area contributed by atoms with Gasteiger partial charge in [-0.2, -0.15) is 0 Å². The summed E-state index contributed by atoms with van der Waals surface area (Å²) in [5.74, 6) is 1.95. The zero-order valence-electron chi connectivity index (χ0n) is 18.1. The molecule has 0 bridgehead atoms. The van der Waals surface area contributed by atoms with E-state index >= 15 is 0 Å². The number of aryl methyl sites for hydroxylation is 1. The fourth-order valence-corrected chi connectivity index (χ4v) is 3.92. The van der Waals surface area contributed by atoms with Gasteiger partial charge >= 0.3 is 0 Å². The molecular formula is C23H37N3O3. The van der Waals surface area contributed by atoms with E-state index in [1.54, 1.807) is 0 Å². The lowest BCUT2D eigenvalue weighted by Crippen LogP contribution is -2.47. The first-order valence-corrected chi connectivity index (χ1v) is 11.1. The minimum absolute atomic E-state index is 0.304. The van der Waals surface area contributed by atoms with E-state index in [4.69, 9.17) is 14.2 Å². The Kier molecular flexibility index (Phi) is 9.09. The Morgan fingerprint density at radius 1 is 1.21 bits per heavy atom. The molecule has 2 aliphatic heterocycles. The lowest BCUT2D eigenvalue weighted by Gasteiger charge is -2.35. The van der Waals surface area contributed by atoms with Gasteiger partial charge in [0.1, 0.15) is 5.75 Å². The molecule has 0 aromatic heterocycles. The molecule has 1 aromatic carbocycles. The van der Waals surface area contributed by atoms with Crippen molar-refractivity contribution < 1.29 is 14.2 Å². The van der Waals surface area contributed by atoms with Crippen LogP contribution in [0.5, 0.6) is 5.75 Å². The monoisotopic (exact) mass is 403 g/mol. The molecule has 1 aromatic rings. The first-order valence-electron chi connectivity index (χ1n) is 11.1. The van der Waals surface area contributed by atoms with Crippen LogP contribution in [-0.2, 0) is 9.47 Å². The molecule has 2 aliphatic rings. The Morgan fingerprint density at radius 2 is 2.03 bits per heavy atom. The Hall–Kier alpha value is -1.79. The van der Waals surface area contributed by atoms with Crippen LogP contribution in [0.3, 0.4) is 0 Å². The van der Waals surface area contributed by atoms with E-state index in [-0.39, 0.29) is 0 Å². The SMILES string of the molecule is CN=C(NCCCOc1ccccc1C)N1CCC(OCC2CCCCO2)CC1. The summed E-state index contributed by atoms with van der Waals surface area (Å²) in [6.45, 7) is 7.24. The lowest BCUT2D eigenvalue weighted by molar-refractivity contribution is -0.0721. The van der Waals surface area contributed by atoms with Gasteiger partial charge in [0.25, 0.3) is 0 Å². The van der Waals surface area contributed by atoms with Crippen LogP contribution >= 0.6 is 0 Å². The fourth-order valence-electron chi connectivity index (χ4n) is 3.92. The second-order valence-corrected chi connectivity index (χ2v) is 7.95. The number of rotatable bonds is 8. The van der Waals surface area contributed by atoms with Crippen LogP contribution in [0.1, 0.15) is 44.1 Å². The summed E-state index contributed by atoms with van der Waals surface area (Å²) >= 11 is 0. The van der Waals surface area contributed by atoms with Gasteiger partial charge in [-0.3, -0.25) is 4.99 Å². The third-order valence-corrected chi connectivity index (χ3v) is 5.70. The van der Waals surface area contributed by atoms with Crippen LogP contribution in [0.15, 0.2) is 29.3 Å². The maximum absolute atomic E-state index is 6.12. The maximum Gasteiger partial charge on any atom is 0.193 e. The highest BCUT2D eigenvalue weighted by Crippen LogP contribution is 2.18. The number of ether oxygens (including phenoxy) is 3. The molecule has 1 atom stereocenters. The molecule has 0 amide bonds. The molecule has 0 aliphatic carbocycles. The lowest BCUT2D eigenvalue weighted by atomic mass is 10.1. The minimum atomic E-state index is 0.304. The van der Waals surface area contributed by atoms with Gasteiger partial charge in [-0.05, 0) is 57.1 Å². The summed E-state index contributed by atoms with van der Waals surface area (Å²) in [4.78, 5) is 6.79. The molecule has 6 nitrogen and oxygen atoms in total. The van der Waals surface area contributed by atoms with Gasteiger partial charge in [-0.1, -0.05) is 18.2 Å². The smallest absolute Gasteiger partial charge is 0.193 e. The van der Waals surface area contributed by atoms with Crippen LogP contribution in [0.2, 0.25) is 0 Å². The molecule has 1 N–H and O–H groups in total. The molecule has 162 valence electrons. The fraction of sp³-hybridized carbons (Fsp3) is 0.696. The molecule has 0 spiro atoms. The van der Waals surface area contributed by atoms with Crippen LogP contribution in [0.4, 0.5) is 0 Å². The number of aliphatic imine (C=N–C) groups is 1. The summed E-state index contributed by atoms with van der Waals surface area (Å²) in [6.07, 6.45) is 7.28. The maximum atomic E-state index is 6.12. The van der Waals surface area contributed by atoms with Gasteiger partial charge in [-0.15, -0.1) is 0 Å². The van der Waals surface area contributed by atoms with Gasteiger partial charge in [-0.25, -0.2) is 0 Å². The summed E-state index contributed by atoms with van der Waals surface area (Å²) < 4.78 is 17.8. The number of nitrogens with one attached hydrogen (secondary N) is 1. The largest absolute Gasteiger partial charge is 0.493 e. The third-order valence-electron chi connectivity index (χ3n) is 5.70. The second-order valence-electron chi connectivity index (χ2n) is 7.95. The van der Waals surface area contributed by atoms with Crippen molar-refractivity contribution in [1.82, 2.24) is 10.2 Å². The number of hydrogen-bond donors (Lipinski definition) is 1. The van der Waals surface area contributed by atoms with Crippen molar-refractivity contribution in [3.63, 3.8) is 0 Å². The second kappa shape index (κ2) is 12.0. The topological polar surface area (TPSA) is 55.3 Å². The molecule has 0 radical (unpaired) electrons. The standard InChI is InChI=1S/C23H37N3O3/c1-19-8-3-4-10-22(19)28-17-7-13-25-23(24-2)26-14-11-20(12-15-26)29-18-21-9-5-6-16-27-21/h3-4,8,10,20-21H,5-7,9,11-18H2,1-2H3,(H,24,25). The first-order chi connectivity index (χ1) is 14.3. The van der Waals surface area contributed by atoms with Crippen LogP contribution in [-0.4, -0.2) is 69.6 Å². The van der Waals surface area contributed by atoms with Gasteiger partial charge in [0.2, 0.25) is 0 Å². The van der Waals surface area contributed by atoms with E-state index in [0.29, 0.717) is 18.8 Å². The number of likely N-dealkylation sites (tertiary alicyclic amines) is 1. The molecule has 2 fully saturated rings. The van der Waals surface area contributed by atoms with E-state index in [1.807, 2.05) is 25.2 Å². The molecule has 3 rings (SSSR count). The number of para-hydroxylation sites is 1. The molecule has 2 saturated heterocycles. The minimum Gasteiger partial charge on any atom is -0.493 e. The highest BCUT2D eigenvalue weighted by Gasteiger charge is 2.23. The van der Waals surface area contributed by atoms with E-state index in [9.17, 15) is 0 Å². The molecule has 29 heavy (non-hydrogen) atoms. The van der Waals surface area contributed by atoms with Crippen LogP contribution in [0, 0.1) is 6.92 Å². The Bertz CT molecular complexity index is 624. The quantitative estimate of drug-likeness (QED) is 0.410. The average molecular weight is 404 g/mol. The molecule has 1 unspecified atom stereocenters. The Morgan fingerprint density at radius 3 is 2.76 bits per heavy atom. The van der Waals surface area contributed by atoms with Gasteiger partial charge in [0.15, 0.2) is 5.96 Å². The normalized spacial score (nSPS) is 21.2. The Labute approximate surface area is 175 Å². The van der Waals surface area contributed by atoms with Gasteiger partial charge in [0.05, 0.1) is 25.4 Å². The highest BCUT2D eigenvalue weighted by atomic mass is 16.5. The number of guanidine groups is 1. The number of hydrogen-bond acceptors (Lipinski definition) is 4. The van der Waals surface area contributed by atoms with Crippen molar-refractivity contribution in [2.75, 3.05) is 46.5 Å². The summed E-state index contributed by atoms with van der Waals surface area (Å²) in [7, 11) is 1.86. The van der Waals surface area contributed by atoms with Crippen molar-refractivity contribution in [2.24, 2.45) is 4.99 Å². The summed E-state index contributed by atoms with van der Waals surface area (Å²) in [5, 5.41) is 3.47. The van der Waals surface area contributed by atoms with E-state index in [2.05, 4.69) is 28.2 Å². The van der Waals surface area contributed by atoms with Crippen molar-refractivity contribution in [3.8, 4) is 5.75 Å². The predicted octanol–water partition coefficient (Wildman–Crippen LogP) is 3.39. The Balaban J connectivity index is 1.29. The summed E-state index contributed by atoms with van der Waals surface area (Å²) in [6, 6.07) is 8.14. The number of nitrogens with zero attached hydrogens (tertiary/aromatic N) is 2. The zero-order chi connectivity index (χ0) is 20.3. The van der Waals surface area contributed by atoms with Crippen molar-refractivity contribution >= 4 is 5.96 Å². The molecule has 0 saturated carbocycles. The van der Waals surface area contributed by atoms with E-state index in [1.165, 1.54) is 18.4 Å². The first kappa shape index (κ1) is 21.9. The molecule has 6 heteroatoms. The predicted molar refractivity (Wildman–Crippen MR) is 117 cm³/mol. The third kappa shape index (κ3) is 7.19. The number of piperidine rings is 1. The molecular weight excluding hydrogens is 366 g/mol. The van der Waals surface area contributed by atoms with E-state index < -0.39 is 0 Å².